The molecule has 0 radical (unpaired) electrons. The molecule has 1 fully saturated rings. The molecule has 1 aliphatic rings. The number of hydrogen-bond acceptors (Lipinski definition) is 7. The first-order valence-electron chi connectivity index (χ1n) is 7.24. The molecule has 4 N–H and O–H groups in total. The normalized spacial score (nSPS) is 17.6. The lowest BCUT2D eigenvalue weighted by Crippen LogP contribution is -2.43. The van der Waals surface area contributed by atoms with Crippen molar-refractivity contribution in [1.29, 1.82) is 0 Å². The summed E-state index contributed by atoms with van der Waals surface area (Å²) in [6.45, 7) is 0. The van der Waals surface area contributed by atoms with Gasteiger partial charge in [-0.15, -0.1) is 0 Å². The van der Waals surface area contributed by atoms with E-state index in [1.54, 1.807) is 7.05 Å². The van der Waals surface area contributed by atoms with E-state index in [9.17, 15) is 19.2 Å². The molecule has 1 atom stereocenters. The van der Waals surface area contributed by atoms with Gasteiger partial charge in [0.25, 0.3) is 5.56 Å². The SMILES string of the molecule is Cn1ncc2c(=O)[nH]c(NNC(=O)CC3CCC(=O)NC3=O)nc21. The van der Waals surface area contributed by atoms with E-state index in [-0.39, 0.29) is 24.7 Å². The first kappa shape index (κ1) is 15.6. The second-order valence-electron chi connectivity index (χ2n) is 5.45. The van der Waals surface area contributed by atoms with Gasteiger partial charge in [0.1, 0.15) is 5.39 Å². The van der Waals surface area contributed by atoms with Crippen molar-refractivity contribution < 1.29 is 14.4 Å². The standard InChI is InChI=1S/C13H15N7O4/c1-20-10-7(5-14-20)12(24)17-13(16-10)19-18-9(22)4-6-2-3-8(21)15-11(6)23/h5-6H,2-4H2,1H3,(H,18,22)(H,15,21,23)(H2,16,17,19,24). The highest BCUT2D eigenvalue weighted by atomic mass is 16.2. The quantitative estimate of drug-likeness (QED) is 0.394. The summed E-state index contributed by atoms with van der Waals surface area (Å²) in [6.07, 6.45) is 1.86. The molecule has 0 bridgehead atoms. The van der Waals surface area contributed by atoms with Gasteiger partial charge in [-0.2, -0.15) is 10.1 Å². The van der Waals surface area contributed by atoms with Gasteiger partial charge in [-0.3, -0.25) is 45.0 Å². The number of piperidine rings is 1. The zero-order chi connectivity index (χ0) is 17.3. The van der Waals surface area contributed by atoms with Crippen LogP contribution >= 0.6 is 0 Å². The molecular weight excluding hydrogens is 318 g/mol. The van der Waals surface area contributed by atoms with E-state index in [1.807, 2.05) is 0 Å². The molecule has 1 unspecified atom stereocenters. The number of hydrogen-bond donors (Lipinski definition) is 4. The molecule has 1 saturated heterocycles. The number of anilines is 1. The second kappa shape index (κ2) is 6.10. The molecule has 3 amide bonds. The highest BCUT2D eigenvalue weighted by molar-refractivity contribution is 6.00. The lowest BCUT2D eigenvalue weighted by atomic mass is 9.95. The third-order valence-corrected chi connectivity index (χ3v) is 3.71. The monoisotopic (exact) mass is 333 g/mol. The Morgan fingerprint density at radius 1 is 1.42 bits per heavy atom. The number of nitrogens with zero attached hydrogens (tertiary/aromatic N) is 3. The van der Waals surface area contributed by atoms with Crippen molar-refractivity contribution in [2.24, 2.45) is 13.0 Å². The smallest absolute Gasteiger partial charge is 0.263 e. The van der Waals surface area contributed by atoms with Crippen LogP contribution in [-0.4, -0.2) is 37.5 Å². The molecular formula is C13H15N7O4. The van der Waals surface area contributed by atoms with Crippen LogP contribution in [-0.2, 0) is 21.4 Å². The van der Waals surface area contributed by atoms with E-state index in [1.165, 1.54) is 10.9 Å². The lowest BCUT2D eigenvalue weighted by molar-refractivity contribution is -0.138. The van der Waals surface area contributed by atoms with Gasteiger partial charge in [0, 0.05) is 25.8 Å². The maximum Gasteiger partial charge on any atom is 0.263 e. The van der Waals surface area contributed by atoms with Crippen LogP contribution in [0, 0.1) is 5.92 Å². The first-order valence-corrected chi connectivity index (χ1v) is 7.24. The number of aromatic amines is 1. The third-order valence-electron chi connectivity index (χ3n) is 3.71. The van der Waals surface area contributed by atoms with E-state index >= 15 is 0 Å². The van der Waals surface area contributed by atoms with Crippen molar-refractivity contribution in [3.05, 3.63) is 16.6 Å². The Bertz CT molecular complexity index is 884. The molecule has 0 aromatic carbocycles. The molecule has 3 rings (SSSR count). The van der Waals surface area contributed by atoms with Gasteiger partial charge in [-0.1, -0.05) is 0 Å². The number of H-pyrrole nitrogens is 1. The third kappa shape index (κ3) is 3.09. The molecule has 11 heteroatoms. The predicted molar refractivity (Wildman–Crippen MR) is 81.4 cm³/mol. The molecule has 1 aliphatic heterocycles. The van der Waals surface area contributed by atoms with Crippen LogP contribution in [0.1, 0.15) is 19.3 Å². The fraction of sp³-hybridized carbons (Fsp3) is 0.385. The first-order chi connectivity index (χ1) is 11.4. The van der Waals surface area contributed by atoms with Crippen molar-refractivity contribution in [3.63, 3.8) is 0 Å². The average Bonchev–Trinajstić information content (AvgIpc) is 2.90. The van der Waals surface area contributed by atoms with Crippen molar-refractivity contribution >= 4 is 34.7 Å². The number of carbonyl (C=O) groups is 3. The molecule has 24 heavy (non-hydrogen) atoms. The molecule has 3 heterocycles. The van der Waals surface area contributed by atoms with Gasteiger partial charge in [-0.25, -0.2) is 0 Å². The summed E-state index contributed by atoms with van der Waals surface area (Å²) >= 11 is 0. The number of nitrogens with one attached hydrogen (secondary N) is 4. The van der Waals surface area contributed by atoms with Gasteiger partial charge in [0.05, 0.1) is 6.20 Å². The summed E-state index contributed by atoms with van der Waals surface area (Å²) in [5.41, 5.74) is 4.84. The zero-order valence-corrected chi connectivity index (χ0v) is 12.8. The number of imide groups is 1. The minimum absolute atomic E-state index is 0.0488. The average molecular weight is 333 g/mol. The van der Waals surface area contributed by atoms with Crippen LogP contribution in [0.2, 0.25) is 0 Å². The van der Waals surface area contributed by atoms with Crippen LogP contribution in [0.4, 0.5) is 5.95 Å². The summed E-state index contributed by atoms with van der Waals surface area (Å²) in [4.78, 5) is 53.0. The summed E-state index contributed by atoms with van der Waals surface area (Å²) in [5, 5.41) is 6.45. The van der Waals surface area contributed by atoms with Gasteiger partial charge >= 0.3 is 0 Å². The Morgan fingerprint density at radius 3 is 2.96 bits per heavy atom. The van der Waals surface area contributed by atoms with Crippen molar-refractivity contribution in [2.45, 2.75) is 19.3 Å². The van der Waals surface area contributed by atoms with E-state index in [4.69, 9.17) is 0 Å². The van der Waals surface area contributed by atoms with E-state index in [0.717, 1.165) is 0 Å². The largest absolute Gasteiger partial charge is 0.296 e. The second-order valence-corrected chi connectivity index (χ2v) is 5.45. The van der Waals surface area contributed by atoms with Crippen LogP contribution in [0.3, 0.4) is 0 Å². The minimum atomic E-state index is -0.559. The van der Waals surface area contributed by atoms with E-state index in [2.05, 4.69) is 31.2 Å². The summed E-state index contributed by atoms with van der Waals surface area (Å²) in [5.74, 6) is -1.76. The van der Waals surface area contributed by atoms with Crippen molar-refractivity contribution in [2.75, 3.05) is 5.43 Å². The molecule has 2 aromatic rings. The number of carbonyl (C=O) groups excluding carboxylic acids is 3. The number of rotatable bonds is 4. The van der Waals surface area contributed by atoms with Crippen LogP contribution in [0.25, 0.3) is 11.0 Å². The molecule has 0 aliphatic carbocycles. The summed E-state index contributed by atoms with van der Waals surface area (Å²) in [7, 11) is 1.64. The Morgan fingerprint density at radius 2 is 2.21 bits per heavy atom. The van der Waals surface area contributed by atoms with Crippen LogP contribution < -0.4 is 21.7 Å². The number of aryl methyl sites for hydroxylation is 1. The predicted octanol–water partition coefficient (Wildman–Crippen LogP) is -1.46. The van der Waals surface area contributed by atoms with Gasteiger partial charge in [0.2, 0.25) is 23.7 Å². The van der Waals surface area contributed by atoms with Gasteiger partial charge in [-0.05, 0) is 6.42 Å². The number of hydrazine groups is 1. The maximum absolute atomic E-state index is 11.9. The zero-order valence-electron chi connectivity index (χ0n) is 12.8. The lowest BCUT2D eigenvalue weighted by Gasteiger charge is -2.20. The highest BCUT2D eigenvalue weighted by Crippen LogP contribution is 2.15. The van der Waals surface area contributed by atoms with Crippen molar-refractivity contribution in [1.82, 2.24) is 30.5 Å². The van der Waals surface area contributed by atoms with Gasteiger partial charge < -0.3 is 0 Å². The molecule has 0 spiro atoms. The Labute approximate surface area is 134 Å². The van der Waals surface area contributed by atoms with E-state index < -0.39 is 23.3 Å². The summed E-state index contributed by atoms with van der Waals surface area (Å²) < 4.78 is 1.43. The minimum Gasteiger partial charge on any atom is -0.296 e. The Balaban J connectivity index is 1.62. The topological polar surface area (TPSA) is 151 Å². The molecule has 0 saturated carbocycles. The number of fused-ring (bicyclic) bond motifs is 1. The van der Waals surface area contributed by atoms with Crippen molar-refractivity contribution in [3.8, 4) is 0 Å². The molecule has 2 aromatic heterocycles. The number of aromatic nitrogens is 4. The number of amides is 3. The fourth-order valence-corrected chi connectivity index (χ4v) is 2.43. The Kier molecular flexibility index (Phi) is 3.98. The van der Waals surface area contributed by atoms with Gasteiger partial charge in [0.15, 0.2) is 5.65 Å². The highest BCUT2D eigenvalue weighted by Gasteiger charge is 2.28. The molecule has 126 valence electrons. The van der Waals surface area contributed by atoms with Crippen LogP contribution in [0.5, 0.6) is 0 Å². The summed E-state index contributed by atoms with van der Waals surface area (Å²) in [6, 6.07) is 0. The fourth-order valence-electron chi connectivity index (χ4n) is 2.43. The maximum atomic E-state index is 11.9. The van der Waals surface area contributed by atoms with Crippen LogP contribution in [0.15, 0.2) is 11.0 Å². The Hall–Kier alpha value is -3.24. The van der Waals surface area contributed by atoms with E-state index in [0.29, 0.717) is 17.5 Å². The molecule has 11 nitrogen and oxygen atoms in total.